The Hall–Kier alpha value is -3.19. The smallest absolute Gasteiger partial charge is 0.243 e. The van der Waals surface area contributed by atoms with Gasteiger partial charge in [0.2, 0.25) is 16.0 Å². The summed E-state index contributed by atoms with van der Waals surface area (Å²) in [7, 11) is -0.108. The molecular weight excluding hydrogens is 461 g/mol. The van der Waals surface area contributed by atoms with E-state index in [4.69, 9.17) is 0 Å². The van der Waals surface area contributed by atoms with Crippen LogP contribution in [0.25, 0.3) is 16.8 Å². The van der Waals surface area contributed by atoms with Gasteiger partial charge in [0.25, 0.3) is 0 Å². The maximum atomic E-state index is 15.4. The van der Waals surface area contributed by atoms with E-state index in [1.807, 2.05) is 25.1 Å². The number of aromatic nitrogens is 4. The monoisotopic (exact) mass is 489 g/mol. The van der Waals surface area contributed by atoms with E-state index < -0.39 is 21.7 Å². The van der Waals surface area contributed by atoms with Crippen LogP contribution >= 0.6 is 0 Å². The Kier molecular flexibility index (Phi) is 6.25. The second-order valence-corrected chi connectivity index (χ2v) is 10.5. The van der Waals surface area contributed by atoms with Crippen LogP contribution in [0.4, 0.5) is 21.8 Å². The van der Waals surface area contributed by atoms with Gasteiger partial charge in [0.15, 0.2) is 5.82 Å². The molecule has 1 saturated heterocycles. The zero-order valence-corrected chi connectivity index (χ0v) is 20.6. The molecule has 3 aromatic rings. The first-order chi connectivity index (χ1) is 16.0. The topological polar surface area (TPSA) is 129 Å². The fourth-order valence-electron chi connectivity index (χ4n) is 4.15. The first-order valence-electron chi connectivity index (χ1n) is 10.8. The van der Waals surface area contributed by atoms with E-state index in [2.05, 4.69) is 35.9 Å². The fraction of sp³-hybridized carbons (Fsp3) is 0.476. The summed E-state index contributed by atoms with van der Waals surface area (Å²) in [5.74, 6) is 0.784. The lowest BCUT2D eigenvalue weighted by atomic mass is 9.92. The van der Waals surface area contributed by atoms with E-state index in [0.717, 1.165) is 33.0 Å². The van der Waals surface area contributed by atoms with Crippen LogP contribution < -0.4 is 10.6 Å². The van der Waals surface area contributed by atoms with Crippen molar-refractivity contribution in [3.8, 4) is 11.3 Å². The van der Waals surface area contributed by atoms with Crippen LogP contribution in [0.5, 0.6) is 0 Å². The number of hydrogen-bond acceptors (Lipinski definition) is 9. The number of aryl methyl sites for hydroxylation is 1. The maximum Gasteiger partial charge on any atom is 0.243 e. The molecule has 0 amide bonds. The van der Waals surface area contributed by atoms with E-state index in [0.29, 0.717) is 11.5 Å². The molecule has 1 aliphatic heterocycles. The van der Waals surface area contributed by atoms with Crippen molar-refractivity contribution >= 4 is 33.0 Å². The van der Waals surface area contributed by atoms with Gasteiger partial charge in [0.05, 0.1) is 23.7 Å². The third-order valence-electron chi connectivity index (χ3n) is 5.94. The SMILES string of the molecule is CN=Nc1ccc(-c2ccn3nc(NC4CCN(S(C)(=O)=O)CC4(C)F)nc(NC)c23)nc1C. The van der Waals surface area contributed by atoms with Gasteiger partial charge in [-0.2, -0.15) is 19.5 Å². The molecule has 11 nitrogen and oxygen atoms in total. The predicted molar refractivity (Wildman–Crippen MR) is 129 cm³/mol. The molecule has 0 saturated carbocycles. The summed E-state index contributed by atoms with van der Waals surface area (Å²) in [5.41, 5.74) is 1.94. The Bertz CT molecular complexity index is 1350. The van der Waals surface area contributed by atoms with Crippen molar-refractivity contribution in [3.63, 3.8) is 0 Å². The van der Waals surface area contributed by atoms with E-state index in [1.54, 1.807) is 24.8 Å². The summed E-state index contributed by atoms with van der Waals surface area (Å²) >= 11 is 0. The van der Waals surface area contributed by atoms with Crippen molar-refractivity contribution in [1.82, 2.24) is 23.9 Å². The number of pyridine rings is 1. The zero-order chi connectivity index (χ0) is 24.7. The van der Waals surface area contributed by atoms with Crippen LogP contribution in [0.3, 0.4) is 0 Å². The molecule has 182 valence electrons. The minimum atomic E-state index is -3.46. The second kappa shape index (κ2) is 8.87. The maximum absolute atomic E-state index is 15.4. The van der Waals surface area contributed by atoms with Crippen LogP contribution in [0.1, 0.15) is 19.0 Å². The lowest BCUT2D eigenvalue weighted by molar-refractivity contribution is 0.0873. The summed E-state index contributed by atoms with van der Waals surface area (Å²) in [5, 5.41) is 18.5. The number of fused-ring (bicyclic) bond motifs is 1. The number of piperidine rings is 1. The third-order valence-corrected chi connectivity index (χ3v) is 7.19. The number of azo groups is 1. The number of nitrogens with one attached hydrogen (secondary N) is 2. The van der Waals surface area contributed by atoms with Crippen molar-refractivity contribution < 1.29 is 12.8 Å². The molecule has 1 fully saturated rings. The minimum Gasteiger partial charge on any atom is -0.371 e. The Balaban J connectivity index is 1.66. The predicted octanol–water partition coefficient (Wildman–Crippen LogP) is 3.03. The van der Waals surface area contributed by atoms with Crippen LogP contribution in [0, 0.1) is 6.92 Å². The number of halogens is 1. The van der Waals surface area contributed by atoms with Gasteiger partial charge in [-0.3, -0.25) is 4.98 Å². The lowest BCUT2D eigenvalue weighted by Gasteiger charge is -2.40. The molecule has 3 aromatic heterocycles. The van der Waals surface area contributed by atoms with Gasteiger partial charge in [-0.1, -0.05) is 0 Å². The number of rotatable bonds is 6. The van der Waals surface area contributed by atoms with Gasteiger partial charge in [-0.25, -0.2) is 17.3 Å². The van der Waals surface area contributed by atoms with Gasteiger partial charge in [-0.05, 0) is 38.5 Å². The molecule has 4 heterocycles. The number of hydrogen-bond donors (Lipinski definition) is 2. The molecule has 2 unspecified atom stereocenters. The number of alkyl halides is 1. The van der Waals surface area contributed by atoms with E-state index in [9.17, 15) is 8.42 Å². The van der Waals surface area contributed by atoms with Crippen molar-refractivity contribution in [3.05, 3.63) is 30.1 Å². The summed E-state index contributed by atoms with van der Waals surface area (Å²) in [6.07, 6.45) is 3.17. The Labute approximate surface area is 197 Å². The highest BCUT2D eigenvalue weighted by atomic mass is 32.2. The van der Waals surface area contributed by atoms with Gasteiger partial charge >= 0.3 is 0 Å². The number of sulfonamides is 1. The quantitative estimate of drug-likeness (QED) is 0.509. The molecule has 34 heavy (non-hydrogen) atoms. The Morgan fingerprint density at radius 3 is 2.65 bits per heavy atom. The summed E-state index contributed by atoms with van der Waals surface area (Å²) < 4.78 is 41.9. The van der Waals surface area contributed by atoms with E-state index >= 15 is 4.39 Å². The van der Waals surface area contributed by atoms with Crippen LogP contribution in [-0.2, 0) is 10.0 Å². The minimum absolute atomic E-state index is 0.225. The van der Waals surface area contributed by atoms with E-state index in [-0.39, 0.29) is 25.5 Å². The van der Waals surface area contributed by atoms with Crippen molar-refractivity contribution in [1.29, 1.82) is 0 Å². The Morgan fingerprint density at radius 1 is 1.26 bits per heavy atom. The van der Waals surface area contributed by atoms with Gasteiger partial charge < -0.3 is 10.6 Å². The Morgan fingerprint density at radius 2 is 2.03 bits per heavy atom. The van der Waals surface area contributed by atoms with Crippen molar-refractivity contribution in [2.45, 2.75) is 32.0 Å². The zero-order valence-electron chi connectivity index (χ0n) is 19.7. The van der Waals surface area contributed by atoms with Gasteiger partial charge in [0, 0.05) is 38.9 Å². The standard InChI is InChI=1S/C21H28FN9O2S/c1-13-15(28-24-4)6-7-16(25-13)14-8-11-31-18(14)19(23-3)27-20(29-31)26-17-9-10-30(34(5,32)33)12-21(17,2)22/h6-8,11,17H,9-10,12H2,1-5H3,(H2,23,26,27,29). The van der Waals surface area contributed by atoms with Crippen LogP contribution in [0.2, 0.25) is 0 Å². The highest BCUT2D eigenvalue weighted by Gasteiger charge is 2.43. The van der Waals surface area contributed by atoms with Crippen molar-refractivity contribution in [2.24, 2.45) is 10.2 Å². The van der Waals surface area contributed by atoms with Crippen LogP contribution in [-0.4, -0.2) is 77.5 Å². The summed E-state index contributed by atoms with van der Waals surface area (Å²) in [4.78, 5) is 9.21. The molecule has 2 atom stereocenters. The normalized spacial score (nSPS) is 21.9. The molecule has 0 aliphatic carbocycles. The molecule has 0 bridgehead atoms. The highest BCUT2D eigenvalue weighted by molar-refractivity contribution is 7.88. The fourth-order valence-corrected chi connectivity index (χ4v) is 5.08. The van der Waals surface area contributed by atoms with Gasteiger partial charge in [0.1, 0.15) is 16.9 Å². The molecule has 0 radical (unpaired) electrons. The van der Waals surface area contributed by atoms with Gasteiger partial charge in [-0.15, -0.1) is 5.10 Å². The summed E-state index contributed by atoms with van der Waals surface area (Å²) in [6.45, 7) is 3.26. The molecule has 0 spiro atoms. The molecule has 13 heteroatoms. The molecule has 2 N–H and O–H groups in total. The largest absolute Gasteiger partial charge is 0.371 e. The van der Waals surface area contributed by atoms with Crippen LogP contribution in [0.15, 0.2) is 34.6 Å². The second-order valence-electron chi connectivity index (χ2n) is 8.52. The molecular formula is C21H28FN9O2S. The molecule has 0 aromatic carbocycles. The number of nitrogens with zero attached hydrogens (tertiary/aromatic N) is 7. The van der Waals surface area contributed by atoms with Crippen molar-refractivity contribution in [2.75, 3.05) is 44.1 Å². The van der Waals surface area contributed by atoms with E-state index in [1.165, 1.54) is 6.92 Å². The molecule has 4 rings (SSSR count). The highest BCUT2D eigenvalue weighted by Crippen LogP contribution is 2.32. The first-order valence-corrected chi connectivity index (χ1v) is 12.6. The lowest BCUT2D eigenvalue weighted by Crippen LogP contribution is -2.56. The summed E-state index contributed by atoms with van der Waals surface area (Å²) in [6, 6.07) is 4.96. The third kappa shape index (κ3) is 4.57. The average Bonchev–Trinajstić information content (AvgIpc) is 3.19. The molecule has 1 aliphatic rings. The first kappa shape index (κ1) is 24.0. The average molecular weight is 490 g/mol. The number of anilines is 2.